The Labute approximate surface area is 103 Å². The van der Waals surface area contributed by atoms with Crippen molar-refractivity contribution >= 4 is 11.0 Å². The highest BCUT2D eigenvalue weighted by atomic mass is 16.3. The molecule has 3 rings (SSSR count). The Kier molecular flexibility index (Phi) is 2.66. The van der Waals surface area contributed by atoms with Gasteiger partial charge >= 0.3 is 0 Å². The molecule has 0 aliphatic carbocycles. The number of aromatic nitrogens is 4. The van der Waals surface area contributed by atoms with Crippen molar-refractivity contribution in [3.63, 3.8) is 0 Å². The van der Waals surface area contributed by atoms with Crippen LogP contribution < -0.4 is 0 Å². The van der Waals surface area contributed by atoms with Crippen LogP contribution in [-0.4, -0.2) is 25.0 Å². The third-order valence-corrected chi connectivity index (χ3v) is 2.61. The molecule has 88 valence electrons. The first kappa shape index (κ1) is 10.7. The van der Waals surface area contributed by atoms with E-state index in [1.807, 2.05) is 24.3 Å². The van der Waals surface area contributed by atoms with Crippen molar-refractivity contribution in [1.29, 1.82) is 0 Å². The van der Waals surface area contributed by atoms with Gasteiger partial charge in [0.2, 0.25) is 0 Å². The van der Waals surface area contributed by atoms with E-state index in [1.165, 1.54) is 12.4 Å². The van der Waals surface area contributed by atoms with Crippen LogP contribution in [0.5, 0.6) is 0 Å². The summed E-state index contributed by atoms with van der Waals surface area (Å²) in [7, 11) is 0. The predicted molar refractivity (Wildman–Crippen MR) is 65.6 cm³/mol. The van der Waals surface area contributed by atoms with Crippen LogP contribution in [0.3, 0.4) is 0 Å². The van der Waals surface area contributed by atoms with E-state index in [4.69, 9.17) is 0 Å². The highest BCUT2D eigenvalue weighted by Gasteiger charge is 2.14. The van der Waals surface area contributed by atoms with Crippen molar-refractivity contribution in [3.05, 3.63) is 60.4 Å². The molecule has 3 aromatic rings. The summed E-state index contributed by atoms with van der Waals surface area (Å²) in [5.74, 6) is 0. The van der Waals surface area contributed by atoms with Gasteiger partial charge in [-0.2, -0.15) is 0 Å². The van der Waals surface area contributed by atoms with Gasteiger partial charge in [-0.25, -0.2) is 4.98 Å². The van der Waals surface area contributed by atoms with Crippen LogP contribution >= 0.6 is 0 Å². The molecule has 1 N–H and O–H groups in total. The maximum atomic E-state index is 10.1. The summed E-state index contributed by atoms with van der Waals surface area (Å²) >= 11 is 0. The van der Waals surface area contributed by atoms with Gasteiger partial charge in [0.05, 0.1) is 34.8 Å². The van der Waals surface area contributed by atoms with E-state index in [-0.39, 0.29) is 0 Å². The number of fused-ring (bicyclic) bond motifs is 1. The van der Waals surface area contributed by atoms with Crippen molar-refractivity contribution in [3.8, 4) is 0 Å². The van der Waals surface area contributed by atoms with Crippen molar-refractivity contribution in [2.45, 2.75) is 6.10 Å². The third-order valence-electron chi connectivity index (χ3n) is 2.61. The first-order chi connectivity index (χ1) is 8.84. The van der Waals surface area contributed by atoms with E-state index in [0.717, 1.165) is 11.0 Å². The number of rotatable bonds is 2. The second-order valence-electron chi connectivity index (χ2n) is 3.82. The largest absolute Gasteiger partial charge is 0.380 e. The van der Waals surface area contributed by atoms with Gasteiger partial charge in [-0.15, -0.1) is 0 Å². The standard InChI is InChI=1S/C13H10N4O/c18-13(11-7-14-5-6-15-11)12-8-16-9-3-1-2-4-10(9)17-12/h1-8,13,18H. The molecule has 0 fully saturated rings. The van der Waals surface area contributed by atoms with Crippen molar-refractivity contribution in [2.24, 2.45) is 0 Å². The molecule has 1 atom stereocenters. The molecular weight excluding hydrogens is 228 g/mol. The van der Waals surface area contributed by atoms with E-state index in [1.54, 1.807) is 12.4 Å². The molecule has 2 aromatic heterocycles. The van der Waals surface area contributed by atoms with Crippen molar-refractivity contribution < 1.29 is 5.11 Å². The fourth-order valence-electron chi connectivity index (χ4n) is 1.71. The molecule has 2 heterocycles. The van der Waals surface area contributed by atoms with Crippen LogP contribution in [0.25, 0.3) is 11.0 Å². The Morgan fingerprint density at radius 2 is 1.72 bits per heavy atom. The molecule has 0 spiro atoms. The average molecular weight is 238 g/mol. The number of nitrogens with zero attached hydrogens (tertiary/aromatic N) is 4. The smallest absolute Gasteiger partial charge is 0.141 e. The van der Waals surface area contributed by atoms with Crippen LogP contribution in [0, 0.1) is 0 Å². The number of hydrogen-bond donors (Lipinski definition) is 1. The van der Waals surface area contributed by atoms with Crippen LogP contribution in [-0.2, 0) is 0 Å². The Balaban J connectivity index is 2.04. The summed E-state index contributed by atoms with van der Waals surface area (Å²) < 4.78 is 0. The molecule has 18 heavy (non-hydrogen) atoms. The first-order valence-corrected chi connectivity index (χ1v) is 5.50. The summed E-state index contributed by atoms with van der Waals surface area (Å²) in [5, 5.41) is 10.1. The van der Waals surface area contributed by atoms with Gasteiger partial charge in [-0.3, -0.25) is 15.0 Å². The zero-order valence-electron chi connectivity index (χ0n) is 9.43. The summed E-state index contributed by atoms with van der Waals surface area (Å²) in [4.78, 5) is 16.6. The monoisotopic (exact) mass is 238 g/mol. The number of hydrogen-bond acceptors (Lipinski definition) is 5. The molecule has 0 amide bonds. The minimum absolute atomic E-state index is 0.460. The molecule has 0 bridgehead atoms. The topological polar surface area (TPSA) is 71.8 Å². The Morgan fingerprint density at radius 3 is 2.50 bits per heavy atom. The average Bonchev–Trinajstić information content (AvgIpc) is 2.47. The molecule has 0 saturated carbocycles. The van der Waals surface area contributed by atoms with Gasteiger partial charge in [0.15, 0.2) is 0 Å². The van der Waals surface area contributed by atoms with Crippen LogP contribution in [0.1, 0.15) is 17.5 Å². The Morgan fingerprint density at radius 1 is 0.889 bits per heavy atom. The summed E-state index contributed by atoms with van der Waals surface area (Å²) in [6.45, 7) is 0. The summed E-state index contributed by atoms with van der Waals surface area (Å²) in [6, 6.07) is 7.52. The molecule has 1 unspecified atom stereocenters. The fraction of sp³-hybridized carbons (Fsp3) is 0.0769. The molecule has 0 aliphatic rings. The van der Waals surface area contributed by atoms with Gasteiger partial charge in [-0.1, -0.05) is 12.1 Å². The second kappa shape index (κ2) is 4.46. The van der Waals surface area contributed by atoms with Crippen LogP contribution in [0.4, 0.5) is 0 Å². The SMILES string of the molecule is OC(c1cnccn1)c1cnc2ccccc2n1. The van der Waals surface area contributed by atoms with Gasteiger partial charge in [-0.05, 0) is 12.1 Å². The zero-order chi connectivity index (χ0) is 12.4. The van der Waals surface area contributed by atoms with Crippen LogP contribution in [0.15, 0.2) is 49.1 Å². The van der Waals surface area contributed by atoms with E-state index in [2.05, 4.69) is 19.9 Å². The molecule has 0 aliphatic heterocycles. The minimum Gasteiger partial charge on any atom is -0.380 e. The fourth-order valence-corrected chi connectivity index (χ4v) is 1.71. The predicted octanol–water partition coefficient (Wildman–Crippen LogP) is 1.50. The van der Waals surface area contributed by atoms with Gasteiger partial charge in [0.1, 0.15) is 6.10 Å². The van der Waals surface area contributed by atoms with Gasteiger partial charge in [0, 0.05) is 12.4 Å². The lowest BCUT2D eigenvalue weighted by Gasteiger charge is -2.08. The molecule has 0 radical (unpaired) electrons. The zero-order valence-corrected chi connectivity index (χ0v) is 9.43. The summed E-state index contributed by atoms with van der Waals surface area (Å²) in [5.41, 5.74) is 2.47. The first-order valence-electron chi connectivity index (χ1n) is 5.50. The lowest BCUT2D eigenvalue weighted by molar-refractivity contribution is 0.210. The number of para-hydroxylation sites is 2. The van der Waals surface area contributed by atoms with E-state index < -0.39 is 6.10 Å². The highest BCUT2D eigenvalue weighted by Crippen LogP contribution is 2.18. The number of aliphatic hydroxyl groups is 1. The van der Waals surface area contributed by atoms with Crippen molar-refractivity contribution in [1.82, 2.24) is 19.9 Å². The minimum atomic E-state index is -0.907. The van der Waals surface area contributed by atoms with E-state index in [0.29, 0.717) is 11.4 Å². The normalized spacial score (nSPS) is 12.5. The number of aliphatic hydroxyl groups excluding tert-OH is 1. The lowest BCUT2D eigenvalue weighted by atomic mass is 10.2. The maximum absolute atomic E-state index is 10.1. The number of benzene rings is 1. The Bertz CT molecular complexity index is 672. The Hall–Kier alpha value is -2.40. The molecule has 5 nitrogen and oxygen atoms in total. The quantitative estimate of drug-likeness (QED) is 0.732. The van der Waals surface area contributed by atoms with E-state index in [9.17, 15) is 5.11 Å². The molecule has 5 heteroatoms. The van der Waals surface area contributed by atoms with E-state index >= 15 is 0 Å². The molecule has 1 aromatic carbocycles. The molecular formula is C13H10N4O. The van der Waals surface area contributed by atoms with Crippen LogP contribution in [0.2, 0.25) is 0 Å². The third kappa shape index (κ3) is 1.91. The lowest BCUT2D eigenvalue weighted by Crippen LogP contribution is -2.05. The van der Waals surface area contributed by atoms with Gasteiger partial charge < -0.3 is 5.11 Å². The summed E-state index contributed by atoms with van der Waals surface area (Å²) in [6.07, 6.45) is 5.26. The van der Waals surface area contributed by atoms with Gasteiger partial charge in [0.25, 0.3) is 0 Å². The highest BCUT2D eigenvalue weighted by molar-refractivity contribution is 5.73. The van der Waals surface area contributed by atoms with Crippen molar-refractivity contribution in [2.75, 3.05) is 0 Å². The molecule has 0 saturated heterocycles. The second-order valence-corrected chi connectivity index (χ2v) is 3.82. The maximum Gasteiger partial charge on any atom is 0.141 e.